The Bertz CT molecular complexity index is 1000. The van der Waals surface area contributed by atoms with E-state index < -0.39 is 0 Å². The number of hydrogen-bond donors (Lipinski definition) is 1. The highest BCUT2D eigenvalue weighted by Gasteiger charge is 2.24. The molecule has 0 amide bonds. The van der Waals surface area contributed by atoms with Gasteiger partial charge in [-0.15, -0.1) is 0 Å². The molecule has 2 heterocycles. The molecular weight excluding hydrogens is 358 g/mol. The van der Waals surface area contributed by atoms with Crippen molar-refractivity contribution in [2.45, 2.75) is 32.9 Å². The van der Waals surface area contributed by atoms with Crippen LogP contribution in [-0.4, -0.2) is 59.2 Å². The second-order valence-electron chi connectivity index (χ2n) is 8.44. The number of aliphatic hydroxyl groups is 1. The molecule has 0 saturated carbocycles. The zero-order chi connectivity index (χ0) is 20.4. The van der Waals surface area contributed by atoms with E-state index in [1.807, 2.05) is 0 Å². The zero-order valence-corrected chi connectivity index (χ0v) is 17.7. The Morgan fingerprint density at radius 3 is 2.66 bits per heavy atom. The van der Waals surface area contributed by atoms with E-state index in [-0.39, 0.29) is 6.61 Å². The van der Waals surface area contributed by atoms with Gasteiger partial charge in [0.25, 0.3) is 0 Å². The molecule has 2 aromatic carbocycles. The van der Waals surface area contributed by atoms with Gasteiger partial charge in [-0.3, -0.25) is 4.90 Å². The minimum atomic E-state index is 0.244. The van der Waals surface area contributed by atoms with Crippen LogP contribution in [0, 0.1) is 13.8 Å². The minimum Gasteiger partial charge on any atom is -0.396 e. The molecule has 1 unspecified atom stereocenters. The summed E-state index contributed by atoms with van der Waals surface area (Å²) in [5, 5.41) is 10.6. The van der Waals surface area contributed by atoms with Gasteiger partial charge in [-0.25, -0.2) is 4.98 Å². The molecular formula is C25H31N3O. The number of rotatable bonds is 5. The van der Waals surface area contributed by atoms with E-state index in [0.29, 0.717) is 6.04 Å². The molecule has 1 saturated heterocycles. The van der Waals surface area contributed by atoms with Gasteiger partial charge in [0.1, 0.15) is 0 Å². The first kappa shape index (κ1) is 20.0. The van der Waals surface area contributed by atoms with Gasteiger partial charge in [0.2, 0.25) is 0 Å². The SMILES string of the molecule is Cc1cccc(-c2nc3cc(C)ccc3cc2CN2CCN(C)C(CCO)C2)c1. The van der Waals surface area contributed by atoms with E-state index in [1.54, 1.807) is 0 Å². The smallest absolute Gasteiger partial charge is 0.0754 e. The van der Waals surface area contributed by atoms with Gasteiger partial charge in [0.15, 0.2) is 0 Å². The summed E-state index contributed by atoms with van der Waals surface area (Å²) in [5.74, 6) is 0. The van der Waals surface area contributed by atoms with Crippen LogP contribution in [0.4, 0.5) is 0 Å². The number of nitrogens with zero attached hydrogens (tertiary/aromatic N) is 3. The lowest BCUT2D eigenvalue weighted by Gasteiger charge is -2.39. The first-order valence-electron chi connectivity index (χ1n) is 10.5. The summed E-state index contributed by atoms with van der Waals surface area (Å²) in [7, 11) is 2.16. The molecule has 1 aromatic heterocycles. The van der Waals surface area contributed by atoms with Crippen LogP contribution in [0.5, 0.6) is 0 Å². The second-order valence-corrected chi connectivity index (χ2v) is 8.44. The fourth-order valence-corrected chi connectivity index (χ4v) is 4.34. The number of fused-ring (bicyclic) bond motifs is 1. The van der Waals surface area contributed by atoms with Crippen LogP contribution < -0.4 is 0 Å². The molecule has 0 bridgehead atoms. The Labute approximate surface area is 173 Å². The van der Waals surface area contributed by atoms with Crippen LogP contribution in [0.2, 0.25) is 0 Å². The van der Waals surface area contributed by atoms with E-state index in [2.05, 4.69) is 79.2 Å². The van der Waals surface area contributed by atoms with Crippen molar-refractivity contribution >= 4 is 10.9 Å². The third-order valence-electron chi connectivity index (χ3n) is 6.06. The molecule has 1 fully saturated rings. The minimum absolute atomic E-state index is 0.244. The molecule has 1 aliphatic heterocycles. The summed E-state index contributed by atoms with van der Waals surface area (Å²) in [6.45, 7) is 8.43. The van der Waals surface area contributed by atoms with Crippen LogP contribution in [0.1, 0.15) is 23.1 Å². The maximum atomic E-state index is 9.42. The first-order valence-corrected chi connectivity index (χ1v) is 10.5. The zero-order valence-electron chi connectivity index (χ0n) is 17.7. The Morgan fingerprint density at radius 1 is 1.03 bits per heavy atom. The van der Waals surface area contributed by atoms with Crippen LogP contribution in [-0.2, 0) is 6.54 Å². The van der Waals surface area contributed by atoms with Crippen molar-refractivity contribution in [2.75, 3.05) is 33.3 Å². The fraction of sp³-hybridized carbons (Fsp3) is 0.400. The van der Waals surface area contributed by atoms with Gasteiger partial charge in [0, 0.05) is 49.8 Å². The summed E-state index contributed by atoms with van der Waals surface area (Å²) < 4.78 is 0. The van der Waals surface area contributed by atoms with Crippen LogP contribution in [0.25, 0.3) is 22.2 Å². The quantitative estimate of drug-likeness (QED) is 0.716. The van der Waals surface area contributed by atoms with E-state index in [0.717, 1.165) is 43.8 Å². The highest BCUT2D eigenvalue weighted by Crippen LogP contribution is 2.28. The number of pyridine rings is 1. The molecule has 3 aromatic rings. The highest BCUT2D eigenvalue weighted by molar-refractivity contribution is 5.84. The number of aryl methyl sites for hydroxylation is 2. The lowest BCUT2D eigenvalue weighted by molar-refractivity contribution is 0.0744. The van der Waals surface area contributed by atoms with Gasteiger partial charge in [-0.05, 0) is 56.6 Å². The monoisotopic (exact) mass is 389 g/mol. The highest BCUT2D eigenvalue weighted by atomic mass is 16.3. The summed E-state index contributed by atoms with van der Waals surface area (Å²) >= 11 is 0. The van der Waals surface area contributed by atoms with Gasteiger partial charge in [0.05, 0.1) is 11.2 Å². The molecule has 1 N–H and O–H groups in total. The first-order chi connectivity index (χ1) is 14.0. The molecule has 1 aliphatic rings. The van der Waals surface area contributed by atoms with E-state index >= 15 is 0 Å². The molecule has 4 nitrogen and oxygen atoms in total. The van der Waals surface area contributed by atoms with Gasteiger partial charge >= 0.3 is 0 Å². The number of benzene rings is 2. The molecule has 0 radical (unpaired) electrons. The van der Waals surface area contributed by atoms with Crippen molar-refractivity contribution in [3.63, 3.8) is 0 Å². The number of piperazine rings is 1. The van der Waals surface area contributed by atoms with Crippen molar-refractivity contribution in [1.82, 2.24) is 14.8 Å². The van der Waals surface area contributed by atoms with Gasteiger partial charge in [-0.1, -0.05) is 35.9 Å². The summed E-state index contributed by atoms with van der Waals surface area (Å²) in [6, 6.07) is 17.9. The summed E-state index contributed by atoms with van der Waals surface area (Å²) in [5.41, 5.74) is 7.09. The largest absolute Gasteiger partial charge is 0.396 e. The molecule has 0 aliphatic carbocycles. The lowest BCUT2D eigenvalue weighted by Crippen LogP contribution is -2.51. The van der Waals surface area contributed by atoms with Crippen LogP contribution in [0.15, 0.2) is 48.5 Å². The number of likely N-dealkylation sites (N-methyl/N-ethyl adjacent to an activating group) is 1. The molecule has 0 spiro atoms. The number of aliphatic hydroxyl groups excluding tert-OH is 1. The van der Waals surface area contributed by atoms with E-state index in [4.69, 9.17) is 4.98 Å². The van der Waals surface area contributed by atoms with Gasteiger partial charge < -0.3 is 10.0 Å². The number of hydrogen-bond acceptors (Lipinski definition) is 4. The van der Waals surface area contributed by atoms with E-state index in [9.17, 15) is 5.11 Å². The average molecular weight is 390 g/mol. The predicted octanol–water partition coefficient (Wildman–Crippen LogP) is 4.02. The fourth-order valence-electron chi connectivity index (χ4n) is 4.34. The Hall–Kier alpha value is -2.27. The molecule has 4 rings (SSSR count). The van der Waals surface area contributed by atoms with E-state index in [1.165, 1.54) is 27.6 Å². The summed E-state index contributed by atoms with van der Waals surface area (Å²) in [6.07, 6.45) is 0.826. The average Bonchev–Trinajstić information content (AvgIpc) is 2.70. The van der Waals surface area contributed by atoms with Crippen molar-refractivity contribution in [3.8, 4) is 11.3 Å². The maximum absolute atomic E-state index is 9.42. The molecule has 152 valence electrons. The maximum Gasteiger partial charge on any atom is 0.0754 e. The van der Waals surface area contributed by atoms with Crippen molar-refractivity contribution in [3.05, 3.63) is 65.2 Å². The number of aromatic nitrogens is 1. The second kappa shape index (κ2) is 8.62. The third kappa shape index (κ3) is 4.50. The van der Waals surface area contributed by atoms with Crippen molar-refractivity contribution in [1.29, 1.82) is 0 Å². The van der Waals surface area contributed by atoms with Crippen molar-refractivity contribution < 1.29 is 5.11 Å². The Kier molecular flexibility index (Phi) is 5.95. The lowest BCUT2D eigenvalue weighted by atomic mass is 10.00. The summed E-state index contributed by atoms with van der Waals surface area (Å²) in [4.78, 5) is 9.99. The van der Waals surface area contributed by atoms with Crippen LogP contribution in [0.3, 0.4) is 0 Å². The molecule has 29 heavy (non-hydrogen) atoms. The van der Waals surface area contributed by atoms with Gasteiger partial charge in [-0.2, -0.15) is 0 Å². The Morgan fingerprint density at radius 2 is 1.86 bits per heavy atom. The molecule has 1 atom stereocenters. The standard InChI is InChI=1S/C25H31N3O/c1-18-5-4-6-21(13-18)25-22(15-20-8-7-19(2)14-24(20)26-25)16-28-11-10-27(3)23(17-28)9-12-29/h4-8,13-15,23,29H,9-12,16-17H2,1-3H3. The third-order valence-corrected chi connectivity index (χ3v) is 6.06. The van der Waals surface area contributed by atoms with Crippen molar-refractivity contribution in [2.24, 2.45) is 0 Å². The normalized spacial score (nSPS) is 18.4. The topological polar surface area (TPSA) is 39.6 Å². The Balaban J connectivity index is 1.72. The molecule has 4 heteroatoms. The predicted molar refractivity (Wildman–Crippen MR) is 120 cm³/mol. The van der Waals surface area contributed by atoms with Crippen LogP contribution >= 0.6 is 0 Å².